The van der Waals surface area contributed by atoms with Crippen molar-refractivity contribution in [3.63, 3.8) is 0 Å². The Kier molecular flexibility index (Phi) is 5.52. The van der Waals surface area contributed by atoms with E-state index in [1.54, 1.807) is 48.4 Å². The molecule has 0 bridgehead atoms. The average Bonchev–Trinajstić information content (AvgIpc) is 3.15. The lowest BCUT2D eigenvalue weighted by atomic mass is 10.1. The standard InChI is InChI=1S/C18H18FN5O2/c1-13(10-24-12-20-11-23-24)17(25)22-9-14-5-4-8-21-18(14)26-16-7-3-2-6-15(16)19/h2-8,11-13H,9-10H2,1H3,(H,22,25)/t13-/m0/s1. The zero-order chi connectivity index (χ0) is 18.4. The largest absolute Gasteiger partial charge is 0.436 e. The van der Waals surface area contributed by atoms with Crippen molar-refractivity contribution in [2.75, 3.05) is 0 Å². The van der Waals surface area contributed by atoms with Crippen LogP contribution in [-0.4, -0.2) is 25.7 Å². The number of pyridine rings is 1. The Labute approximate surface area is 149 Å². The summed E-state index contributed by atoms with van der Waals surface area (Å²) >= 11 is 0. The smallest absolute Gasteiger partial charge is 0.224 e. The van der Waals surface area contributed by atoms with Crippen molar-refractivity contribution in [3.05, 3.63) is 66.6 Å². The number of hydrogen-bond acceptors (Lipinski definition) is 5. The zero-order valence-corrected chi connectivity index (χ0v) is 14.2. The molecule has 0 spiro atoms. The van der Waals surface area contributed by atoms with Gasteiger partial charge in [0.15, 0.2) is 11.6 Å². The lowest BCUT2D eigenvalue weighted by Crippen LogP contribution is -2.31. The van der Waals surface area contributed by atoms with Crippen molar-refractivity contribution in [3.8, 4) is 11.6 Å². The summed E-state index contributed by atoms with van der Waals surface area (Å²) < 4.78 is 20.9. The van der Waals surface area contributed by atoms with Crippen LogP contribution >= 0.6 is 0 Å². The van der Waals surface area contributed by atoms with Crippen molar-refractivity contribution >= 4 is 5.91 Å². The molecule has 0 unspecified atom stereocenters. The van der Waals surface area contributed by atoms with E-state index < -0.39 is 5.82 Å². The fourth-order valence-corrected chi connectivity index (χ4v) is 2.33. The van der Waals surface area contributed by atoms with Crippen LogP contribution in [0.3, 0.4) is 0 Å². The molecule has 134 valence electrons. The van der Waals surface area contributed by atoms with Gasteiger partial charge in [-0.1, -0.05) is 25.1 Å². The summed E-state index contributed by atoms with van der Waals surface area (Å²) in [7, 11) is 0. The molecule has 1 amide bonds. The number of para-hydroxylation sites is 1. The van der Waals surface area contributed by atoms with Gasteiger partial charge >= 0.3 is 0 Å². The van der Waals surface area contributed by atoms with Crippen LogP contribution in [-0.2, 0) is 17.9 Å². The van der Waals surface area contributed by atoms with Gasteiger partial charge in [0, 0.05) is 18.3 Å². The highest BCUT2D eigenvalue weighted by Gasteiger charge is 2.15. The highest BCUT2D eigenvalue weighted by molar-refractivity contribution is 5.78. The maximum atomic E-state index is 13.8. The van der Waals surface area contributed by atoms with Gasteiger partial charge in [-0.3, -0.25) is 9.48 Å². The number of aromatic nitrogens is 4. The number of ether oxygens (including phenoxy) is 1. The number of benzene rings is 1. The molecular weight excluding hydrogens is 337 g/mol. The fourth-order valence-electron chi connectivity index (χ4n) is 2.33. The maximum absolute atomic E-state index is 13.8. The first kappa shape index (κ1) is 17.5. The Morgan fingerprint density at radius 2 is 2.15 bits per heavy atom. The summed E-state index contributed by atoms with van der Waals surface area (Å²) in [5, 5.41) is 6.82. The van der Waals surface area contributed by atoms with Crippen LogP contribution in [0, 0.1) is 11.7 Å². The van der Waals surface area contributed by atoms with Gasteiger partial charge in [-0.25, -0.2) is 14.4 Å². The Bertz CT molecular complexity index is 870. The normalized spacial score (nSPS) is 11.8. The Morgan fingerprint density at radius 1 is 1.31 bits per heavy atom. The van der Waals surface area contributed by atoms with Gasteiger partial charge in [-0.15, -0.1) is 0 Å². The van der Waals surface area contributed by atoms with Crippen LogP contribution in [0.5, 0.6) is 11.6 Å². The van der Waals surface area contributed by atoms with Crippen LogP contribution in [0.1, 0.15) is 12.5 Å². The first-order valence-electron chi connectivity index (χ1n) is 8.10. The number of carbonyl (C=O) groups is 1. The molecule has 3 rings (SSSR count). The maximum Gasteiger partial charge on any atom is 0.224 e. The number of amides is 1. The van der Waals surface area contributed by atoms with Crippen molar-refractivity contribution in [1.82, 2.24) is 25.1 Å². The lowest BCUT2D eigenvalue weighted by Gasteiger charge is -2.14. The van der Waals surface area contributed by atoms with Gasteiger partial charge in [0.2, 0.25) is 11.8 Å². The first-order valence-corrected chi connectivity index (χ1v) is 8.10. The molecule has 1 aromatic carbocycles. The number of nitrogens with zero attached hydrogens (tertiary/aromatic N) is 4. The molecule has 8 heteroatoms. The summed E-state index contributed by atoms with van der Waals surface area (Å²) in [5.74, 6) is -0.569. The third-order valence-corrected chi connectivity index (χ3v) is 3.72. The molecule has 2 heterocycles. The molecule has 0 aliphatic heterocycles. The predicted molar refractivity (Wildman–Crippen MR) is 91.7 cm³/mol. The van der Waals surface area contributed by atoms with Gasteiger partial charge < -0.3 is 10.1 Å². The van der Waals surface area contributed by atoms with E-state index in [0.717, 1.165) is 0 Å². The third kappa shape index (κ3) is 4.41. The van der Waals surface area contributed by atoms with Gasteiger partial charge in [0.1, 0.15) is 12.7 Å². The van der Waals surface area contributed by atoms with Crippen molar-refractivity contribution in [2.24, 2.45) is 5.92 Å². The summed E-state index contributed by atoms with van der Waals surface area (Å²) in [4.78, 5) is 20.3. The van der Waals surface area contributed by atoms with Gasteiger partial charge in [0.25, 0.3) is 0 Å². The van der Waals surface area contributed by atoms with Crippen LogP contribution in [0.4, 0.5) is 4.39 Å². The molecule has 1 N–H and O–H groups in total. The molecule has 1 atom stereocenters. The highest BCUT2D eigenvalue weighted by Crippen LogP contribution is 2.25. The number of hydrogen-bond donors (Lipinski definition) is 1. The van der Waals surface area contributed by atoms with Gasteiger partial charge in [-0.2, -0.15) is 5.10 Å². The summed E-state index contributed by atoms with van der Waals surface area (Å²) in [6.45, 7) is 2.45. The second kappa shape index (κ2) is 8.19. The predicted octanol–water partition coefficient (Wildman–Crippen LogP) is 2.56. The minimum Gasteiger partial charge on any atom is -0.436 e. The quantitative estimate of drug-likeness (QED) is 0.704. The molecule has 7 nitrogen and oxygen atoms in total. The van der Waals surface area contributed by atoms with E-state index in [2.05, 4.69) is 20.4 Å². The van der Waals surface area contributed by atoms with E-state index in [9.17, 15) is 9.18 Å². The average molecular weight is 355 g/mol. The fraction of sp³-hybridized carbons (Fsp3) is 0.222. The van der Waals surface area contributed by atoms with Crippen LogP contribution in [0.15, 0.2) is 55.2 Å². The van der Waals surface area contributed by atoms with E-state index >= 15 is 0 Å². The summed E-state index contributed by atoms with van der Waals surface area (Å²) in [6, 6.07) is 9.59. The van der Waals surface area contributed by atoms with E-state index in [0.29, 0.717) is 12.1 Å². The molecule has 0 radical (unpaired) electrons. The number of carbonyl (C=O) groups excluding carboxylic acids is 1. The molecule has 0 aliphatic carbocycles. The number of rotatable bonds is 7. The Hall–Kier alpha value is -3.29. The van der Waals surface area contributed by atoms with E-state index in [1.807, 2.05) is 0 Å². The summed E-state index contributed by atoms with van der Waals surface area (Å²) in [5.41, 5.74) is 0.650. The topological polar surface area (TPSA) is 81.9 Å². The number of halogens is 1. The molecule has 26 heavy (non-hydrogen) atoms. The van der Waals surface area contributed by atoms with Gasteiger partial charge in [-0.05, 0) is 18.2 Å². The second-order valence-corrected chi connectivity index (χ2v) is 5.74. The number of nitrogens with one attached hydrogen (secondary N) is 1. The molecule has 0 fully saturated rings. The zero-order valence-electron chi connectivity index (χ0n) is 14.2. The molecule has 3 aromatic rings. The minimum absolute atomic E-state index is 0.0818. The van der Waals surface area contributed by atoms with Crippen LogP contribution in [0.25, 0.3) is 0 Å². The van der Waals surface area contributed by atoms with E-state index in [4.69, 9.17) is 4.74 Å². The minimum atomic E-state index is -0.477. The van der Waals surface area contributed by atoms with Crippen LogP contribution < -0.4 is 10.1 Å². The molecule has 2 aromatic heterocycles. The highest BCUT2D eigenvalue weighted by atomic mass is 19.1. The van der Waals surface area contributed by atoms with Crippen molar-refractivity contribution in [2.45, 2.75) is 20.0 Å². The molecular formula is C18H18FN5O2. The van der Waals surface area contributed by atoms with Gasteiger partial charge in [0.05, 0.1) is 12.5 Å². The first-order chi connectivity index (χ1) is 12.6. The van der Waals surface area contributed by atoms with E-state index in [-0.39, 0.29) is 30.0 Å². The monoisotopic (exact) mass is 355 g/mol. The Balaban J connectivity index is 1.63. The summed E-state index contributed by atoms with van der Waals surface area (Å²) in [6.07, 6.45) is 4.53. The molecule has 0 saturated heterocycles. The second-order valence-electron chi connectivity index (χ2n) is 5.74. The lowest BCUT2D eigenvalue weighted by molar-refractivity contribution is -0.125. The van der Waals surface area contributed by atoms with Crippen molar-refractivity contribution < 1.29 is 13.9 Å². The molecule has 0 aliphatic rings. The SMILES string of the molecule is C[C@@H](Cn1cncn1)C(=O)NCc1cccnc1Oc1ccccc1F. The van der Waals surface area contributed by atoms with E-state index in [1.165, 1.54) is 18.5 Å². The Morgan fingerprint density at radius 3 is 2.92 bits per heavy atom. The van der Waals surface area contributed by atoms with Crippen LogP contribution in [0.2, 0.25) is 0 Å². The van der Waals surface area contributed by atoms with Crippen molar-refractivity contribution in [1.29, 1.82) is 0 Å². The molecule has 0 saturated carbocycles. The third-order valence-electron chi connectivity index (χ3n) is 3.72.